The van der Waals surface area contributed by atoms with E-state index in [9.17, 15) is 12.8 Å². The Bertz CT molecular complexity index is 762. The molecule has 0 aliphatic heterocycles. The molecule has 0 bridgehead atoms. The number of hydrogen-bond donors (Lipinski definition) is 2. The van der Waals surface area contributed by atoms with Crippen LogP contribution < -0.4 is 10.0 Å². The van der Waals surface area contributed by atoms with Crippen molar-refractivity contribution in [1.82, 2.24) is 19.7 Å². The zero-order valence-electron chi connectivity index (χ0n) is 13.0. The second-order valence-electron chi connectivity index (χ2n) is 4.91. The fourth-order valence-electron chi connectivity index (χ4n) is 1.94. The minimum Gasteiger partial charge on any atom is -0.373 e. The van der Waals surface area contributed by atoms with Crippen LogP contribution in [0.4, 0.5) is 16.0 Å². The van der Waals surface area contributed by atoms with Crippen LogP contribution in [0.3, 0.4) is 0 Å². The number of hydrogen-bond acceptors (Lipinski definition) is 6. The highest BCUT2D eigenvalue weighted by molar-refractivity contribution is 7.92. The van der Waals surface area contributed by atoms with E-state index in [-0.39, 0.29) is 24.4 Å². The van der Waals surface area contributed by atoms with Crippen LogP contribution in [0.5, 0.6) is 0 Å². The maximum absolute atomic E-state index is 12.1. The first-order chi connectivity index (χ1) is 10.9. The summed E-state index contributed by atoms with van der Waals surface area (Å²) in [7, 11) is -1.86. The van der Waals surface area contributed by atoms with E-state index in [0.717, 1.165) is 0 Å². The molecule has 8 nitrogen and oxygen atoms in total. The highest BCUT2D eigenvalue weighted by Gasteiger charge is 2.16. The van der Waals surface area contributed by atoms with Crippen LogP contribution in [0, 0.1) is 6.92 Å². The van der Waals surface area contributed by atoms with Gasteiger partial charge in [0, 0.05) is 19.2 Å². The predicted octanol–water partition coefficient (Wildman–Crippen LogP) is 1.50. The molecule has 0 saturated carbocycles. The summed E-state index contributed by atoms with van der Waals surface area (Å²) in [5.41, 5.74) is 0.635. The van der Waals surface area contributed by atoms with Gasteiger partial charge in [0.05, 0.1) is 18.1 Å². The van der Waals surface area contributed by atoms with E-state index < -0.39 is 16.7 Å². The van der Waals surface area contributed by atoms with Crippen LogP contribution in [0.15, 0.2) is 18.5 Å². The van der Waals surface area contributed by atoms with Gasteiger partial charge in [-0.25, -0.2) is 18.4 Å². The first-order valence-corrected chi connectivity index (χ1v) is 8.73. The highest BCUT2D eigenvalue weighted by atomic mass is 32.2. The number of anilines is 2. The van der Waals surface area contributed by atoms with Crippen molar-refractivity contribution in [2.24, 2.45) is 0 Å². The third kappa shape index (κ3) is 4.62. The van der Waals surface area contributed by atoms with Crippen molar-refractivity contribution < 1.29 is 12.8 Å². The number of unbranched alkanes of at least 4 members (excludes halogenated alkanes) is 1. The van der Waals surface area contributed by atoms with Crippen molar-refractivity contribution in [3.05, 3.63) is 24.2 Å². The Morgan fingerprint density at radius 3 is 2.74 bits per heavy atom. The summed E-state index contributed by atoms with van der Waals surface area (Å²) in [6.07, 6.45) is 1.84. The number of rotatable bonds is 8. The average Bonchev–Trinajstić information content (AvgIpc) is 2.87. The zero-order valence-corrected chi connectivity index (χ0v) is 13.8. The monoisotopic (exact) mass is 342 g/mol. The Kier molecular flexibility index (Phi) is 5.48. The molecule has 0 spiro atoms. The van der Waals surface area contributed by atoms with Gasteiger partial charge >= 0.3 is 0 Å². The van der Waals surface area contributed by atoms with Gasteiger partial charge in [0.25, 0.3) is 0 Å². The minimum atomic E-state index is -3.58. The SMILES string of the molecule is CNc1cc(-n2nc(C)cc2NS(=O)(=O)CCCCF)ncn1. The van der Waals surface area contributed by atoms with Crippen LogP contribution in [-0.4, -0.2) is 47.6 Å². The molecule has 10 heteroatoms. The van der Waals surface area contributed by atoms with Gasteiger partial charge in [-0.3, -0.25) is 9.11 Å². The minimum absolute atomic E-state index is 0.146. The van der Waals surface area contributed by atoms with Crippen molar-refractivity contribution in [2.75, 3.05) is 29.5 Å². The largest absolute Gasteiger partial charge is 0.373 e. The Labute approximate surface area is 134 Å². The molecule has 2 aromatic heterocycles. The van der Waals surface area contributed by atoms with E-state index in [1.807, 2.05) is 0 Å². The maximum Gasteiger partial charge on any atom is 0.233 e. The normalized spacial score (nSPS) is 11.4. The number of halogens is 1. The summed E-state index contributed by atoms with van der Waals surface area (Å²) >= 11 is 0. The summed E-state index contributed by atoms with van der Waals surface area (Å²) in [5.74, 6) is 1.15. The first-order valence-electron chi connectivity index (χ1n) is 7.08. The maximum atomic E-state index is 12.1. The molecule has 0 aliphatic rings. The third-order valence-corrected chi connectivity index (χ3v) is 4.36. The molecule has 2 heterocycles. The molecule has 2 aromatic rings. The third-order valence-electron chi connectivity index (χ3n) is 3.01. The van der Waals surface area contributed by atoms with E-state index in [2.05, 4.69) is 25.1 Å². The molecule has 0 unspecified atom stereocenters. The molecule has 0 atom stereocenters. The molecule has 0 radical (unpaired) electrons. The number of sulfonamides is 1. The van der Waals surface area contributed by atoms with Crippen molar-refractivity contribution in [3.8, 4) is 5.82 Å². The molecule has 0 aliphatic carbocycles. The van der Waals surface area contributed by atoms with Crippen molar-refractivity contribution >= 4 is 21.7 Å². The summed E-state index contributed by atoms with van der Waals surface area (Å²) in [6.45, 7) is 1.22. The average molecular weight is 342 g/mol. The molecular formula is C13H19FN6O2S. The lowest BCUT2D eigenvalue weighted by Crippen LogP contribution is -2.19. The van der Waals surface area contributed by atoms with Gasteiger partial charge in [0.2, 0.25) is 10.0 Å². The van der Waals surface area contributed by atoms with Gasteiger partial charge in [-0.2, -0.15) is 9.78 Å². The Hall–Kier alpha value is -2.23. The number of nitrogens with zero attached hydrogens (tertiary/aromatic N) is 4. The van der Waals surface area contributed by atoms with Crippen LogP contribution in [-0.2, 0) is 10.0 Å². The molecule has 126 valence electrons. The van der Waals surface area contributed by atoms with Gasteiger partial charge in [0.15, 0.2) is 5.82 Å². The second kappa shape index (κ2) is 7.36. The molecule has 0 saturated heterocycles. The summed E-state index contributed by atoms with van der Waals surface area (Å²) < 4.78 is 40.1. The molecule has 0 fully saturated rings. The van der Waals surface area contributed by atoms with E-state index in [1.54, 1.807) is 26.1 Å². The fraction of sp³-hybridized carbons (Fsp3) is 0.462. The van der Waals surface area contributed by atoms with Crippen LogP contribution in [0.25, 0.3) is 5.82 Å². The molecule has 0 aromatic carbocycles. The lowest BCUT2D eigenvalue weighted by molar-refractivity contribution is 0.468. The summed E-state index contributed by atoms with van der Waals surface area (Å²) in [5, 5.41) is 7.13. The Morgan fingerprint density at radius 1 is 1.26 bits per heavy atom. The molecule has 0 amide bonds. The lowest BCUT2D eigenvalue weighted by atomic mass is 10.4. The fourth-order valence-corrected chi connectivity index (χ4v) is 3.09. The topological polar surface area (TPSA) is 102 Å². The van der Waals surface area contributed by atoms with Crippen molar-refractivity contribution in [3.63, 3.8) is 0 Å². The molecular weight excluding hydrogens is 323 g/mol. The van der Waals surface area contributed by atoms with Crippen LogP contribution in [0.2, 0.25) is 0 Å². The Balaban J connectivity index is 2.27. The van der Waals surface area contributed by atoms with Gasteiger partial charge < -0.3 is 5.32 Å². The number of nitrogens with one attached hydrogen (secondary N) is 2. The smallest absolute Gasteiger partial charge is 0.233 e. The predicted molar refractivity (Wildman–Crippen MR) is 86.1 cm³/mol. The van der Waals surface area contributed by atoms with E-state index in [0.29, 0.717) is 17.3 Å². The molecule has 2 rings (SSSR count). The Morgan fingerprint density at radius 2 is 2.04 bits per heavy atom. The van der Waals surface area contributed by atoms with E-state index >= 15 is 0 Å². The zero-order chi connectivity index (χ0) is 16.9. The lowest BCUT2D eigenvalue weighted by Gasteiger charge is -2.10. The highest BCUT2D eigenvalue weighted by Crippen LogP contribution is 2.18. The van der Waals surface area contributed by atoms with Gasteiger partial charge in [0.1, 0.15) is 18.0 Å². The van der Waals surface area contributed by atoms with E-state index in [4.69, 9.17) is 0 Å². The number of aryl methyl sites for hydroxylation is 1. The molecule has 2 N–H and O–H groups in total. The second-order valence-corrected chi connectivity index (χ2v) is 6.75. The van der Waals surface area contributed by atoms with Gasteiger partial charge in [-0.05, 0) is 19.8 Å². The van der Waals surface area contributed by atoms with Crippen molar-refractivity contribution in [2.45, 2.75) is 19.8 Å². The molecule has 23 heavy (non-hydrogen) atoms. The number of alkyl halides is 1. The first kappa shape index (κ1) is 17.1. The summed E-state index contributed by atoms with van der Waals surface area (Å²) in [4.78, 5) is 8.11. The quantitative estimate of drug-likeness (QED) is 0.705. The number of aromatic nitrogens is 4. The van der Waals surface area contributed by atoms with Crippen LogP contribution >= 0.6 is 0 Å². The standard InChI is InChI=1S/C13H19FN6O2S/c1-10-7-13(19-23(21,22)6-4-3-5-14)20(18-10)12-8-11(15-2)16-9-17-12/h7-9,19H,3-6H2,1-2H3,(H,15,16,17). The van der Waals surface area contributed by atoms with Gasteiger partial charge in [-0.15, -0.1) is 0 Å². The van der Waals surface area contributed by atoms with E-state index in [1.165, 1.54) is 11.0 Å². The van der Waals surface area contributed by atoms with Crippen LogP contribution in [0.1, 0.15) is 18.5 Å². The van der Waals surface area contributed by atoms with Crippen molar-refractivity contribution in [1.29, 1.82) is 0 Å². The van der Waals surface area contributed by atoms with Gasteiger partial charge in [-0.1, -0.05) is 0 Å². The summed E-state index contributed by atoms with van der Waals surface area (Å²) in [6, 6.07) is 3.25.